The van der Waals surface area contributed by atoms with Crippen LogP contribution in [0.5, 0.6) is 5.75 Å². The molecule has 2 heteroatoms. The zero-order chi connectivity index (χ0) is 15.0. The van der Waals surface area contributed by atoms with Crippen molar-refractivity contribution >= 4 is 0 Å². The van der Waals surface area contributed by atoms with E-state index in [2.05, 4.69) is 44.2 Å². The highest BCUT2D eigenvalue weighted by Crippen LogP contribution is 2.40. The van der Waals surface area contributed by atoms with Crippen molar-refractivity contribution in [2.45, 2.75) is 38.6 Å². The maximum atomic E-state index is 6.90. The van der Waals surface area contributed by atoms with Crippen LogP contribution in [0.1, 0.15) is 40.7 Å². The summed E-state index contributed by atoms with van der Waals surface area (Å²) in [6.45, 7) is 4.27. The summed E-state index contributed by atoms with van der Waals surface area (Å²) in [6.07, 6.45) is 3.21. The summed E-state index contributed by atoms with van der Waals surface area (Å²) in [5, 5.41) is 0. The van der Waals surface area contributed by atoms with Crippen LogP contribution in [0.15, 0.2) is 36.4 Å². The molecule has 0 heterocycles. The van der Waals surface area contributed by atoms with E-state index in [-0.39, 0.29) is 0 Å². The van der Waals surface area contributed by atoms with Crippen LogP contribution in [-0.2, 0) is 12.0 Å². The monoisotopic (exact) mass is 281 g/mol. The highest BCUT2D eigenvalue weighted by atomic mass is 16.5. The van der Waals surface area contributed by atoms with Crippen LogP contribution in [0.3, 0.4) is 0 Å². The molecule has 2 N–H and O–H groups in total. The highest BCUT2D eigenvalue weighted by molar-refractivity contribution is 5.49. The van der Waals surface area contributed by atoms with Crippen LogP contribution < -0.4 is 10.5 Å². The van der Waals surface area contributed by atoms with Crippen molar-refractivity contribution < 1.29 is 4.74 Å². The molecule has 0 aliphatic heterocycles. The Morgan fingerprint density at radius 2 is 1.76 bits per heavy atom. The van der Waals surface area contributed by atoms with Crippen molar-refractivity contribution in [3.63, 3.8) is 0 Å². The Bertz CT molecular complexity index is 657. The van der Waals surface area contributed by atoms with Crippen molar-refractivity contribution in [1.82, 2.24) is 0 Å². The number of hydrogen-bond acceptors (Lipinski definition) is 2. The van der Waals surface area contributed by atoms with Gasteiger partial charge < -0.3 is 10.5 Å². The van der Waals surface area contributed by atoms with Gasteiger partial charge in [0.25, 0.3) is 0 Å². The molecule has 2 aromatic carbocycles. The molecule has 1 atom stereocenters. The summed E-state index contributed by atoms with van der Waals surface area (Å²) in [4.78, 5) is 0. The van der Waals surface area contributed by atoms with Crippen molar-refractivity contribution in [1.29, 1.82) is 0 Å². The fraction of sp³-hybridized carbons (Fsp3) is 0.368. The van der Waals surface area contributed by atoms with Crippen LogP contribution >= 0.6 is 0 Å². The fourth-order valence-electron chi connectivity index (χ4n) is 3.54. The molecular formula is C19H23NO. The summed E-state index contributed by atoms with van der Waals surface area (Å²) < 4.78 is 5.40. The minimum Gasteiger partial charge on any atom is -0.497 e. The average Bonchev–Trinajstić information content (AvgIpc) is 2.46. The molecule has 3 rings (SSSR count). The van der Waals surface area contributed by atoms with Crippen LogP contribution in [0.4, 0.5) is 0 Å². The molecule has 0 radical (unpaired) electrons. The number of nitrogens with two attached hydrogens (primary N) is 1. The smallest absolute Gasteiger partial charge is 0.119 e. The first kappa shape index (κ1) is 14.2. The van der Waals surface area contributed by atoms with Crippen molar-refractivity contribution in [2.75, 3.05) is 7.11 Å². The van der Waals surface area contributed by atoms with Gasteiger partial charge in [-0.25, -0.2) is 0 Å². The van der Waals surface area contributed by atoms with E-state index in [0.29, 0.717) is 0 Å². The third-order valence-electron chi connectivity index (χ3n) is 4.55. The minimum atomic E-state index is -0.404. The lowest BCUT2D eigenvalue weighted by molar-refractivity contribution is 0.404. The van der Waals surface area contributed by atoms with Gasteiger partial charge in [0.1, 0.15) is 5.75 Å². The topological polar surface area (TPSA) is 35.2 Å². The number of methoxy groups -OCH3 is 1. The first-order valence-corrected chi connectivity index (χ1v) is 7.58. The molecule has 1 aliphatic rings. The summed E-state index contributed by atoms with van der Waals surface area (Å²) in [7, 11) is 1.71. The quantitative estimate of drug-likeness (QED) is 0.907. The van der Waals surface area contributed by atoms with Gasteiger partial charge in [-0.1, -0.05) is 35.4 Å². The van der Waals surface area contributed by atoms with Crippen molar-refractivity contribution in [2.24, 2.45) is 5.73 Å². The Morgan fingerprint density at radius 1 is 1.05 bits per heavy atom. The van der Waals surface area contributed by atoms with E-state index < -0.39 is 5.54 Å². The predicted octanol–water partition coefficient (Wildman–Crippen LogP) is 3.85. The normalized spacial score (nSPS) is 21.0. The van der Waals surface area contributed by atoms with E-state index in [4.69, 9.17) is 10.5 Å². The number of ether oxygens (including phenoxy) is 1. The van der Waals surface area contributed by atoms with Crippen LogP contribution in [0.2, 0.25) is 0 Å². The molecule has 0 saturated heterocycles. The van der Waals surface area contributed by atoms with Crippen LogP contribution in [0.25, 0.3) is 0 Å². The Balaban J connectivity index is 2.18. The van der Waals surface area contributed by atoms with Crippen molar-refractivity contribution in [3.8, 4) is 5.75 Å². The molecule has 2 aromatic rings. The second-order valence-corrected chi connectivity index (χ2v) is 6.22. The molecule has 110 valence electrons. The summed E-state index contributed by atoms with van der Waals surface area (Å²) >= 11 is 0. The number of aryl methyl sites for hydroxylation is 3. The third kappa shape index (κ3) is 2.44. The number of benzene rings is 2. The Hall–Kier alpha value is -1.80. The van der Waals surface area contributed by atoms with Gasteiger partial charge in [0.15, 0.2) is 0 Å². The first-order valence-electron chi connectivity index (χ1n) is 7.58. The second kappa shape index (κ2) is 5.19. The molecule has 0 aromatic heterocycles. The van der Waals surface area contributed by atoms with E-state index >= 15 is 0 Å². The van der Waals surface area contributed by atoms with Gasteiger partial charge in [-0.2, -0.15) is 0 Å². The molecule has 2 nitrogen and oxygen atoms in total. The largest absolute Gasteiger partial charge is 0.497 e. The number of fused-ring (bicyclic) bond motifs is 1. The van der Waals surface area contributed by atoms with Gasteiger partial charge in [0.05, 0.1) is 12.6 Å². The fourth-order valence-corrected chi connectivity index (χ4v) is 3.54. The van der Waals surface area contributed by atoms with Gasteiger partial charge in [0, 0.05) is 0 Å². The average molecular weight is 281 g/mol. The molecule has 0 amide bonds. The van der Waals surface area contributed by atoms with Gasteiger partial charge in [0.2, 0.25) is 0 Å². The van der Waals surface area contributed by atoms with E-state index in [9.17, 15) is 0 Å². The number of hydrogen-bond donors (Lipinski definition) is 1. The highest BCUT2D eigenvalue weighted by Gasteiger charge is 2.35. The molecule has 0 spiro atoms. The van der Waals surface area contributed by atoms with Gasteiger partial charge in [-0.3, -0.25) is 0 Å². The molecule has 0 fully saturated rings. The Morgan fingerprint density at radius 3 is 2.43 bits per heavy atom. The maximum absolute atomic E-state index is 6.90. The lowest BCUT2D eigenvalue weighted by Gasteiger charge is -2.37. The Kier molecular flexibility index (Phi) is 3.50. The van der Waals surface area contributed by atoms with E-state index in [1.54, 1.807) is 7.11 Å². The Labute approximate surface area is 126 Å². The summed E-state index contributed by atoms with van der Waals surface area (Å²) in [6, 6.07) is 13.0. The first-order chi connectivity index (χ1) is 10.0. The predicted molar refractivity (Wildman–Crippen MR) is 86.8 cm³/mol. The van der Waals surface area contributed by atoms with E-state index in [0.717, 1.165) is 25.0 Å². The lowest BCUT2D eigenvalue weighted by atomic mass is 9.72. The van der Waals surface area contributed by atoms with Gasteiger partial charge in [-0.15, -0.1) is 0 Å². The molecule has 21 heavy (non-hydrogen) atoms. The lowest BCUT2D eigenvalue weighted by Crippen LogP contribution is -2.41. The second-order valence-electron chi connectivity index (χ2n) is 6.22. The molecule has 1 aliphatic carbocycles. The van der Waals surface area contributed by atoms with Gasteiger partial charge in [-0.05, 0) is 61.9 Å². The van der Waals surface area contributed by atoms with Gasteiger partial charge >= 0.3 is 0 Å². The zero-order valence-corrected chi connectivity index (χ0v) is 13.1. The summed E-state index contributed by atoms with van der Waals surface area (Å²) in [5.74, 6) is 0.884. The van der Waals surface area contributed by atoms with E-state index in [1.807, 2.05) is 6.07 Å². The molecule has 0 saturated carbocycles. The zero-order valence-electron chi connectivity index (χ0n) is 13.1. The number of rotatable bonds is 2. The third-order valence-corrected chi connectivity index (χ3v) is 4.55. The molecular weight excluding hydrogens is 258 g/mol. The van der Waals surface area contributed by atoms with Crippen LogP contribution in [-0.4, -0.2) is 7.11 Å². The summed E-state index contributed by atoms with van der Waals surface area (Å²) in [5.41, 5.74) is 12.8. The molecule has 0 bridgehead atoms. The van der Waals surface area contributed by atoms with Crippen molar-refractivity contribution in [3.05, 3.63) is 64.2 Å². The minimum absolute atomic E-state index is 0.404. The van der Waals surface area contributed by atoms with Crippen LogP contribution in [0, 0.1) is 13.8 Å². The standard InChI is InChI=1S/C19H23NO/c1-13-9-14(2)11-16(10-13)19(20)8-4-5-15-6-7-17(21-3)12-18(15)19/h6-7,9-12H,4-5,8,20H2,1-3H3. The maximum Gasteiger partial charge on any atom is 0.119 e. The SMILES string of the molecule is COc1ccc2c(c1)C(N)(c1cc(C)cc(C)c1)CCC2. The molecule has 1 unspecified atom stereocenters. The van der Waals surface area contributed by atoms with E-state index in [1.165, 1.54) is 27.8 Å².